The fraction of sp³-hybridized carbons (Fsp3) is 0.308. The Morgan fingerprint density at radius 2 is 1.63 bits per heavy atom. The number of Topliss-reactive ketones (excluding diaryl/α,β-unsaturated/α-hetero) is 1. The second-order valence-electron chi connectivity index (χ2n) is 16.9. The quantitative estimate of drug-likeness (QED) is 0.0452. The van der Waals surface area contributed by atoms with E-state index in [0.717, 1.165) is 84.1 Å². The number of imidazole rings is 2. The number of fused-ring (bicyclic) bond motifs is 2. The molecule has 0 fully saturated rings. The van der Waals surface area contributed by atoms with Crippen molar-refractivity contribution < 1.29 is 23.7 Å². The number of quaternary nitrogens is 1. The number of ketones is 1. The van der Waals surface area contributed by atoms with Gasteiger partial charge in [0.2, 0.25) is 5.91 Å². The number of benzene rings is 5. The fourth-order valence-electron chi connectivity index (χ4n) is 8.62. The van der Waals surface area contributed by atoms with E-state index in [9.17, 15) is 18.4 Å². The Balaban J connectivity index is 0.000000181. The van der Waals surface area contributed by atoms with Crippen molar-refractivity contribution >= 4 is 50.2 Å². The van der Waals surface area contributed by atoms with Crippen molar-refractivity contribution in [3.8, 4) is 0 Å². The van der Waals surface area contributed by atoms with E-state index in [2.05, 4.69) is 97.0 Å². The highest BCUT2D eigenvalue weighted by Gasteiger charge is 2.22. The predicted molar refractivity (Wildman–Crippen MR) is 252 cm³/mol. The molecule has 0 saturated carbocycles. The third-order valence-corrected chi connectivity index (χ3v) is 12.2. The minimum Gasteiger partial charge on any atom is -0.365 e. The fourth-order valence-corrected chi connectivity index (χ4v) is 8.62. The van der Waals surface area contributed by atoms with Crippen molar-refractivity contribution in [1.29, 1.82) is 0 Å². The highest BCUT2D eigenvalue weighted by atomic mass is 19.1. The van der Waals surface area contributed by atoms with Crippen LogP contribution in [0.25, 0.3) is 32.7 Å². The van der Waals surface area contributed by atoms with Gasteiger partial charge in [-0.3, -0.25) is 9.59 Å². The Bertz CT molecular complexity index is 2990. The summed E-state index contributed by atoms with van der Waals surface area (Å²) < 4.78 is 27.5. The summed E-state index contributed by atoms with van der Waals surface area (Å²) in [4.78, 5) is 50.3. The molecule has 3 aromatic heterocycles. The van der Waals surface area contributed by atoms with Crippen molar-refractivity contribution in [2.45, 2.75) is 92.3 Å². The summed E-state index contributed by atoms with van der Waals surface area (Å²) >= 11 is 0. The number of nitrogens with two attached hydrogens (primary N) is 1. The maximum absolute atomic E-state index is 14.1. The number of amides is 1. The third kappa shape index (κ3) is 10.6. The number of anilines is 1. The van der Waals surface area contributed by atoms with Gasteiger partial charge in [-0.1, -0.05) is 74.5 Å². The summed E-state index contributed by atoms with van der Waals surface area (Å²) in [6, 6.07) is 27.3. The number of aromatic amines is 2. The standard InChI is InChI=1S/C27H24F2N6O.C25H31N3O/c1-16-5-4-7-19-26(16)34-24(35-27(19)31-14-17-6-2-3-8-20(17)29)15-30-25(36)12-11-23-32-21-10-9-18(28)13-22(21)33-23;1-4-23-27-17(3)22(28-23)15-26-14-6-7-16(2)25(29)21-13-12-19-11-10-18-8-5-9-20(21)24(18)19/h2-10,13H,11-12,14-15H2,1H3,(H,30,36)(H,32,33)(H,31,34,35);5,8-9,12-13,16,26H,4,6-7,10-11,14-15H2,1-3H3,(H,27,28)/p+1/t;16-/m.0/s1. The molecule has 1 aliphatic carbocycles. The lowest BCUT2D eigenvalue weighted by Crippen LogP contribution is -2.82. The molecule has 0 saturated heterocycles. The number of hydrogen-bond acceptors (Lipinski definition) is 7. The summed E-state index contributed by atoms with van der Waals surface area (Å²) in [5.41, 5.74) is 9.54. The zero-order chi connectivity index (χ0) is 45.5. The number of nitrogens with zero attached hydrogens (tertiary/aromatic N) is 4. The van der Waals surface area contributed by atoms with Gasteiger partial charge in [0.15, 0.2) is 11.6 Å². The molecule has 1 amide bonds. The highest BCUT2D eigenvalue weighted by Crippen LogP contribution is 2.34. The van der Waals surface area contributed by atoms with E-state index < -0.39 is 0 Å². The SMILES string of the molecule is CCc1nc(C[NH2+]CCC[C@H](C)C(=O)c2ccc3c4c(cccc24)CC3)c(C)[nH]1.Cc1cccc2c(NCc3ccccc3F)nc(CNC(=O)CCc3nc4ccc(F)cc4[nH]3)nc12. The van der Waals surface area contributed by atoms with Crippen molar-refractivity contribution in [1.82, 2.24) is 35.2 Å². The Kier molecular flexibility index (Phi) is 14.0. The van der Waals surface area contributed by atoms with Crippen LogP contribution in [-0.4, -0.2) is 48.1 Å². The molecule has 1 atom stereocenters. The number of para-hydroxylation sites is 1. The Hall–Kier alpha value is -6.86. The minimum atomic E-state index is -0.344. The largest absolute Gasteiger partial charge is 0.365 e. The van der Waals surface area contributed by atoms with Crippen molar-refractivity contribution in [2.24, 2.45) is 5.92 Å². The van der Waals surface area contributed by atoms with Gasteiger partial charge < -0.3 is 25.9 Å². The highest BCUT2D eigenvalue weighted by molar-refractivity contribution is 6.10. The van der Waals surface area contributed by atoms with Crippen molar-refractivity contribution in [3.63, 3.8) is 0 Å². The molecule has 0 bridgehead atoms. The predicted octanol–water partition coefficient (Wildman–Crippen LogP) is 8.85. The molecule has 334 valence electrons. The summed E-state index contributed by atoms with van der Waals surface area (Å²) in [6.07, 6.45) is 5.70. The van der Waals surface area contributed by atoms with E-state index in [1.165, 1.54) is 40.4 Å². The molecule has 8 aromatic rings. The monoisotopic (exact) mass is 876 g/mol. The summed E-state index contributed by atoms with van der Waals surface area (Å²) in [7, 11) is 0. The van der Waals surface area contributed by atoms with Gasteiger partial charge in [0.25, 0.3) is 0 Å². The van der Waals surface area contributed by atoms with Gasteiger partial charge >= 0.3 is 0 Å². The first-order valence-corrected chi connectivity index (χ1v) is 22.6. The van der Waals surface area contributed by atoms with E-state index in [1.807, 2.05) is 25.1 Å². The van der Waals surface area contributed by atoms with Crippen LogP contribution < -0.4 is 16.0 Å². The second-order valence-corrected chi connectivity index (χ2v) is 16.9. The first kappa shape index (κ1) is 44.7. The molecule has 0 spiro atoms. The van der Waals surface area contributed by atoms with Gasteiger partial charge in [-0.25, -0.2) is 28.7 Å². The van der Waals surface area contributed by atoms with Crippen LogP contribution in [0.1, 0.15) is 94.6 Å². The molecular weight excluding hydrogens is 821 g/mol. The lowest BCUT2D eigenvalue weighted by atomic mass is 9.90. The number of carbonyl (C=O) groups excluding carboxylic acids is 2. The normalized spacial score (nSPS) is 12.4. The molecule has 11 nitrogen and oxygen atoms in total. The molecular formula is C52H56F2N9O2+. The maximum Gasteiger partial charge on any atom is 0.220 e. The van der Waals surface area contributed by atoms with E-state index in [-0.39, 0.29) is 48.8 Å². The van der Waals surface area contributed by atoms with E-state index in [0.29, 0.717) is 40.5 Å². The molecule has 0 aliphatic heterocycles. The average Bonchev–Trinajstić information content (AvgIpc) is 4.04. The summed E-state index contributed by atoms with van der Waals surface area (Å²) in [5, 5.41) is 11.7. The van der Waals surface area contributed by atoms with Crippen LogP contribution >= 0.6 is 0 Å². The van der Waals surface area contributed by atoms with Crippen LogP contribution in [0.3, 0.4) is 0 Å². The number of hydrogen-bond donors (Lipinski definition) is 5. The van der Waals surface area contributed by atoms with Crippen LogP contribution in [0.2, 0.25) is 0 Å². The Morgan fingerprint density at radius 3 is 2.45 bits per heavy atom. The topological polar surface area (TPSA) is 158 Å². The molecule has 9 rings (SSSR count). The van der Waals surface area contributed by atoms with Crippen LogP contribution in [0.4, 0.5) is 14.6 Å². The summed E-state index contributed by atoms with van der Waals surface area (Å²) in [5.74, 6) is 2.22. The molecule has 65 heavy (non-hydrogen) atoms. The smallest absolute Gasteiger partial charge is 0.220 e. The first-order chi connectivity index (χ1) is 31.5. The maximum atomic E-state index is 14.1. The van der Waals surface area contributed by atoms with Crippen LogP contribution in [-0.2, 0) is 50.1 Å². The zero-order valence-corrected chi connectivity index (χ0v) is 37.5. The lowest BCUT2D eigenvalue weighted by Gasteiger charge is -2.13. The van der Waals surface area contributed by atoms with Gasteiger partial charge in [0, 0.05) is 53.9 Å². The van der Waals surface area contributed by atoms with E-state index >= 15 is 0 Å². The molecule has 1 aliphatic rings. The number of aryl methyl sites for hydroxylation is 6. The second kappa shape index (κ2) is 20.3. The van der Waals surface area contributed by atoms with E-state index in [4.69, 9.17) is 0 Å². The number of nitrogens with one attached hydrogen (secondary N) is 4. The summed E-state index contributed by atoms with van der Waals surface area (Å²) in [6.45, 7) is 10.6. The Labute approximate surface area is 377 Å². The zero-order valence-electron chi connectivity index (χ0n) is 37.5. The molecule has 0 unspecified atom stereocenters. The van der Waals surface area contributed by atoms with Gasteiger partial charge in [-0.05, 0) is 97.3 Å². The molecule has 5 aromatic carbocycles. The van der Waals surface area contributed by atoms with Gasteiger partial charge in [0.05, 0.1) is 29.6 Å². The number of carbonyl (C=O) groups is 2. The molecule has 6 N–H and O–H groups in total. The number of H-pyrrole nitrogens is 2. The molecule has 13 heteroatoms. The molecule has 0 radical (unpaired) electrons. The van der Waals surface area contributed by atoms with Crippen molar-refractivity contribution in [2.75, 3.05) is 11.9 Å². The number of aromatic nitrogens is 6. The van der Waals surface area contributed by atoms with E-state index in [1.54, 1.807) is 24.3 Å². The van der Waals surface area contributed by atoms with Crippen LogP contribution in [0.15, 0.2) is 91.0 Å². The molecule has 3 heterocycles. The van der Waals surface area contributed by atoms with Crippen molar-refractivity contribution in [3.05, 3.63) is 159 Å². The third-order valence-electron chi connectivity index (χ3n) is 12.2. The lowest BCUT2D eigenvalue weighted by molar-refractivity contribution is -0.671. The Morgan fingerprint density at radius 1 is 0.831 bits per heavy atom. The van der Waals surface area contributed by atoms with Crippen LogP contribution in [0.5, 0.6) is 0 Å². The van der Waals surface area contributed by atoms with Gasteiger partial charge in [-0.2, -0.15) is 0 Å². The van der Waals surface area contributed by atoms with Crippen LogP contribution in [0, 0.1) is 31.4 Å². The van der Waals surface area contributed by atoms with Gasteiger partial charge in [-0.15, -0.1) is 0 Å². The number of halogens is 2. The minimum absolute atomic E-state index is 0.0562. The average molecular weight is 877 g/mol. The first-order valence-electron chi connectivity index (χ1n) is 22.6. The number of rotatable bonds is 17. The van der Waals surface area contributed by atoms with Gasteiger partial charge in [0.1, 0.15) is 41.3 Å².